The maximum atomic E-state index is 13.2. The summed E-state index contributed by atoms with van der Waals surface area (Å²) in [6, 6.07) is 2.88. The molecule has 2 unspecified atom stereocenters. The van der Waals surface area contributed by atoms with Crippen LogP contribution in [0.5, 0.6) is 0 Å². The first-order chi connectivity index (χ1) is 9.24. The molecule has 1 aromatic carbocycles. The van der Waals surface area contributed by atoms with E-state index in [1.807, 2.05) is 0 Å². The van der Waals surface area contributed by atoms with Crippen molar-refractivity contribution < 1.29 is 22.0 Å². The van der Waals surface area contributed by atoms with E-state index < -0.39 is 36.2 Å². The second-order valence-electron chi connectivity index (χ2n) is 5.18. The SMILES string of the molecule is NC1CC(CC(F)(F)F)CN(c2ccc(F)c(F)c2)C1. The van der Waals surface area contributed by atoms with Crippen LogP contribution in [0.2, 0.25) is 0 Å². The third kappa shape index (κ3) is 3.82. The molecule has 1 aromatic rings. The van der Waals surface area contributed by atoms with Gasteiger partial charge in [-0.3, -0.25) is 0 Å². The molecule has 0 saturated carbocycles. The van der Waals surface area contributed by atoms with Crippen LogP contribution in [0, 0.1) is 17.6 Å². The minimum atomic E-state index is -4.25. The molecular weight excluding hydrogens is 279 g/mol. The Bertz CT molecular complexity index is 474. The third-order valence-electron chi connectivity index (χ3n) is 3.36. The minimum Gasteiger partial charge on any atom is -0.370 e. The number of nitrogens with two attached hydrogens (primary N) is 1. The summed E-state index contributed by atoms with van der Waals surface area (Å²) in [5.41, 5.74) is 6.12. The van der Waals surface area contributed by atoms with Crippen molar-refractivity contribution in [2.24, 2.45) is 11.7 Å². The molecule has 2 N–H and O–H groups in total. The van der Waals surface area contributed by atoms with Gasteiger partial charge in [-0.1, -0.05) is 0 Å². The van der Waals surface area contributed by atoms with Crippen LogP contribution in [0.15, 0.2) is 18.2 Å². The molecular formula is C13H15F5N2. The Hall–Kier alpha value is -1.37. The molecule has 2 nitrogen and oxygen atoms in total. The van der Waals surface area contributed by atoms with E-state index in [1.54, 1.807) is 4.90 Å². The van der Waals surface area contributed by atoms with Gasteiger partial charge < -0.3 is 10.6 Å². The number of alkyl halides is 3. The van der Waals surface area contributed by atoms with E-state index >= 15 is 0 Å². The predicted molar refractivity (Wildman–Crippen MR) is 65.3 cm³/mol. The fraction of sp³-hybridized carbons (Fsp3) is 0.538. The smallest absolute Gasteiger partial charge is 0.370 e. The largest absolute Gasteiger partial charge is 0.389 e. The molecule has 1 aliphatic rings. The molecule has 1 fully saturated rings. The highest BCUT2D eigenvalue weighted by molar-refractivity contribution is 5.47. The average molecular weight is 294 g/mol. The Morgan fingerprint density at radius 2 is 1.85 bits per heavy atom. The van der Waals surface area contributed by atoms with E-state index in [2.05, 4.69) is 0 Å². The Balaban J connectivity index is 2.13. The summed E-state index contributed by atoms with van der Waals surface area (Å²) in [7, 11) is 0. The molecule has 1 aliphatic heterocycles. The summed E-state index contributed by atoms with van der Waals surface area (Å²) in [5, 5.41) is 0. The topological polar surface area (TPSA) is 29.3 Å². The minimum absolute atomic E-state index is 0.137. The van der Waals surface area contributed by atoms with Gasteiger partial charge in [-0.15, -0.1) is 0 Å². The van der Waals surface area contributed by atoms with Crippen LogP contribution in [0.3, 0.4) is 0 Å². The molecule has 0 bridgehead atoms. The maximum Gasteiger partial charge on any atom is 0.389 e. The number of hydrogen-bond donors (Lipinski definition) is 1. The fourth-order valence-electron chi connectivity index (χ4n) is 2.61. The first-order valence-corrected chi connectivity index (χ1v) is 6.27. The quantitative estimate of drug-likeness (QED) is 0.849. The van der Waals surface area contributed by atoms with Crippen LogP contribution in [0.25, 0.3) is 0 Å². The van der Waals surface area contributed by atoms with Crippen LogP contribution < -0.4 is 10.6 Å². The Kier molecular flexibility index (Phi) is 4.17. The highest BCUT2D eigenvalue weighted by Gasteiger charge is 2.36. The number of anilines is 1. The molecule has 112 valence electrons. The lowest BCUT2D eigenvalue weighted by Gasteiger charge is -2.38. The van der Waals surface area contributed by atoms with Gasteiger partial charge in [-0.25, -0.2) is 8.78 Å². The molecule has 20 heavy (non-hydrogen) atoms. The van der Waals surface area contributed by atoms with Crippen molar-refractivity contribution in [2.75, 3.05) is 18.0 Å². The van der Waals surface area contributed by atoms with Crippen LogP contribution >= 0.6 is 0 Å². The van der Waals surface area contributed by atoms with Crippen LogP contribution in [-0.2, 0) is 0 Å². The summed E-state index contributed by atoms with van der Waals surface area (Å²) in [4.78, 5) is 1.58. The summed E-state index contributed by atoms with van der Waals surface area (Å²) >= 11 is 0. The summed E-state index contributed by atoms with van der Waals surface area (Å²) < 4.78 is 63.4. The van der Waals surface area contributed by atoms with E-state index in [4.69, 9.17) is 5.73 Å². The molecule has 2 rings (SSSR count). The summed E-state index contributed by atoms with van der Waals surface area (Å²) in [6.45, 7) is 0.470. The average Bonchev–Trinajstić information content (AvgIpc) is 2.29. The van der Waals surface area contributed by atoms with E-state index in [0.717, 1.165) is 12.1 Å². The predicted octanol–water partition coefficient (Wildman–Crippen LogP) is 3.07. The zero-order valence-corrected chi connectivity index (χ0v) is 10.6. The van der Waals surface area contributed by atoms with Gasteiger partial charge in [0, 0.05) is 37.3 Å². The number of nitrogens with zero attached hydrogens (tertiary/aromatic N) is 1. The van der Waals surface area contributed by atoms with Crippen molar-refractivity contribution in [3.8, 4) is 0 Å². The van der Waals surface area contributed by atoms with Crippen LogP contribution in [0.1, 0.15) is 12.8 Å². The first-order valence-electron chi connectivity index (χ1n) is 6.27. The molecule has 0 aromatic heterocycles. The number of piperidine rings is 1. The van der Waals surface area contributed by atoms with Crippen molar-refractivity contribution in [1.29, 1.82) is 0 Å². The monoisotopic (exact) mass is 294 g/mol. The van der Waals surface area contributed by atoms with Gasteiger partial charge in [0.2, 0.25) is 0 Å². The molecule has 0 amide bonds. The van der Waals surface area contributed by atoms with E-state index in [0.29, 0.717) is 12.2 Å². The summed E-state index contributed by atoms with van der Waals surface area (Å²) in [6.07, 6.45) is -4.89. The second kappa shape index (κ2) is 5.55. The molecule has 0 aliphatic carbocycles. The molecule has 0 spiro atoms. The van der Waals surface area contributed by atoms with Gasteiger partial charge in [0.05, 0.1) is 0 Å². The summed E-state index contributed by atoms with van der Waals surface area (Å²) in [5.74, 6) is -2.64. The van der Waals surface area contributed by atoms with Gasteiger partial charge in [0.25, 0.3) is 0 Å². The Morgan fingerprint density at radius 1 is 1.15 bits per heavy atom. The molecule has 7 heteroatoms. The van der Waals surface area contributed by atoms with Gasteiger partial charge in [0.15, 0.2) is 11.6 Å². The van der Waals surface area contributed by atoms with Gasteiger partial charge in [-0.05, 0) is 24.5 Å². The van der Waals surface area contributed by atoms with E-state index in [9.17, 15) is 22.0 Å². The Labute approximate surface area is 113 Å². The standard InChI is InChI=1S/C13H15F5N2/c14-11-2-1-10(4-12(11)15)20-6-8(3-9(19)7-20)5-13(16,17)18/h1-2,4,8-9H,3,5-7,19H2. The van der Waals surface area contributed by atoms with Crippen molar-refractivity contribution in [3.05, 3.63) is 29.8 Å². The van der Waals surface area contributed by atoms with Crippen LogP contribution in [-0.4, -0.2) is 25.3 Å². The van der Waals surface area contributed by atoms with Gasteiger partial charge >= 0.3 is 6.18 Å². The van der Waals surface area contributed by atoms with Crippen LogP contribution in [0.4, 0.5) is 27.6 Å². The number of hydrogen-bond acceptors (Lipinski definition) is 2. The third-order valence-corrected chi connectivity index (χ3v) is 3.36. The van der Waals surface area contributed by atoms with E-state index in [1.165, 1.54) is 6.07 Å². The molecule has 2 atom stereocenters. The zero-order chi connectivity index (χ0) is 14.9. The molecule has 0 radical (unpaired) electrons. The highest BCUT2D eigenvalue weighted by atomic mass is 19.4. The van der Waals surface area contributed by atoms with Crippen molar-refractivity contribution in [2.45, 2.75) is 25.1 Å². The second-order valence-corrected chi connectivity index (χ2v) is 5.18. The maximum absolute atomic E-state index is 13.2. The fourth-order valence-corrected chi connectivity index (χ4v) is 2.61. The zero-order valence-electron chi connectivity index (χ0n) is 10.6. The normalized spacial score (nSPS) is 24.0. The van der Waals surface area contributed by atoms with Crippen molar-refractivity contribution >= 4 is 5.69 Å². The van der Waals surface area contributed by atoms with Gasteiger partial charge in [-0.2, -0.15) is 13.2 Å². The molecule has 1 saturated heterocycles. The van der Waals surface area contributed by atoms with Crippen molar-refractivity contribution in [3.63, 3.8) is 0 Å². The number of benzene rings is 1. The first kappa shape index (κ1) is 15.0. The lowest BCUT2D eigenvalue weighted by Crippen LogP contribution is -2.48. The highest BCUT2D eigenvalue weighted by Crippen LogP contribution is 2.32. The number of halogens is 5. The lowest BCUT2D eigenvalue weighted by molar-refractivity contribution is -0.145. The van der Waals surface area contributed by atoms with Crippen molar-refractivity contribution in [1.82, 2.24) is 0 Å². The Morgan fingerprint density at radius 3 is 2.45 bits per heavy atom. The van der Waals surface area contributed by atoms with E-state index in [-0.39, 0.29) is 13.0 Å². The van der Waals surface area contributed by atoms with Gasteiger partial charge in [0.1, 0.15) is 0 Å². The molecule has 1 heterocycles. The lowest BCUT2D eigenvalue weighted by atomic mass is 9.91. The number of rotatable bonds is 2.